The van der Waals surface area contributed by atoms with E-state index in [0.29, 0.717) is 12.1 Å². The molecule has 0 heterocycles. The predicted octanol–water partition coefficient (Wildman–Crippen LogP) is 2.56. The Morgan fingerprint density at radius 2 is 1.62 bits per heavy atom. The monoisotopic (exact) mass is 354 g/mol. The number of amides is 2. The Labute approximate surface area is 152 Å². The molecule has 0 aromatic heterocycles. The number of hydrogen-bond acceptors (Lipinski definition) is 3. The number of carbonyl (C=O) groups excluding carboxylic acids is 2. The molecule has 0 radical (unpaired) electrons. The fourth-order valence-electron chi connectivity index (χ4n) is 2.52. The van der Waals surface area contributed by atoms with Gasteiger partial charge in [0.15, 0.2) is 0 Å². The maximum absolute atomic E-state index is 12.2. The first-order chi connectivity index (χ1) is 12.4. The number of carbonyl (C=O) groups is 3. The molecule has 2 rings (SSSR count). The summed E-state index contributed by atoms with van der Waals surface area (Å²) in [6, 6.07) is 16.8. The fourth-order valence-corrected chi connectivity index (χ4v) is 2.52. The molecule has 1 unspecified atom stereocenters. The van der Waals surface area contributed by atoms with E-state index in [1.165, 1.54) is 0 Å². The molecule has 1 atom stereocenters. The van der Waals surface area contributed by atoms with Crippen molar-refractivity contribution in [3.8, 4) is 0 Å². The number of carboxylic acid groups (broad SMARTS) is 1. The van der Waals surface area contributed by atoms with Crippen molar-refractivity contribution in [2.45, 2.75) is 25.7 Å². The number of hydrogen-bond donors (Lipinski definition) is 3. The maximum Gasteiger partial charge on any atom is 0.322 e. The van der Waals surface area contributed by atoms with Gasteiger partial charge in [-0.2, -0.15) is 0 Å². The summed E-state index contributed by atoms with van der Waals surface area (Å²) in [6.45, 7) is 1.61. The molecule has 2 aromatic carbocycles. The van der Waals surface area contributed by atoms with Gasteiger partial charge in [0, 0.05) is 12.1 Å². The van der Waals surface area contributed by atoms with Gasteiger partial charge in [0.2, 0.25) is 11.8 Å². The van der Waals surface area contributed by atoms with Crippen molar-refractivity contribution < 1.29 is 19.5 Å². The Bertz CT molecular complexity index is 757. The van der Waals surface area contributed by atoms with E-state index in [1.54, 1.807) is 24.3 Å². The van der Waals surface area contributed by atoms with Crippen molar-refractivity contribution in [1.82, 2.24) is 5.32 Å². The maximum atomic E-state index is 12.2. The molecule has 0 fully saturated rings. The summed E-state index contributed by atoms with van der Waals surface area (Å²) >= 11 is 0. The Morgan fingerprint density at radius 3 is 2.23 bits per heavy atom. The lowest BCUT2D eigenvalue weighted by atomic mass is 9.97. The van der Waals surface area contributed by atoms with Crippen LogP contribution in [0.15, 0.2) is 54.6 Å². The van der Waals surface area contributed by atoms with Gasteiger partial charge in [-0.1, -0.05) is 49.4 Å². The molecule has 0 saturated heterocycles. The van der Waals surface area contributed by atoms with Crippen LogP contribution in [0.4, 0.5) is 5.69 Å². The first kappa shape index (κ1) is 19.2. The smallest absolute Gasteiger partial charge is 0.322 e. The minimum Gasteiger partial charge on any atom is -0.480 e. The second-order valence-corrected chi connectivity index (χ2v) is 6.11. The van der Waals surface area contributed by atoms with Crippen molar-refractivity contribution in [3.63, 3.8) is 0 Å². The van der Waals surface area contributed by atoms with Crippen LogP contribution in [0.25, 0.3) is 0 Å². The molecule has 0 aliphatic rings. The number of nitrogens with one attached hydrogen (secondary N) is 2. The van der Waals surface area contributed by atoms with Gasteiger partial charge in [-0.25, -0.2) is 0 Å². The molecule has 0 bridgehead atoms. The van der Waals surface area contributed by atoms with E-state index in [1.807, 2.05) is 37.3 Å². The molecule has 2 amide bonds. The van der Waals surface area contributed by atoms with Crippen LogP contribution in [-0.2, 0) is 20.8 Å². The highest BCUT2D eigenvalue weighted by Crippen LogP contribution is 2.19. The lowest BCUT2D eigenvalue weighted by molar-refractivity contribution is -0.137. The molecule has 26 heavy (non-hydrogen) atoms. The van der Waals surface area contributed by atoms with Gasteiger partial charge < -0.3 is 15.7 Å². The third-order valence-corrected chi connectivity index (χ3v) is 3.90. The molecular formula is C20H22N2O4. The zero-order valence-corrected chi connectivity index (χ0v) is 14.6. The normalized spacial score (nSPS) is 11.4. The highest BCUT2D eigenvalue weighted by molar-refractivity contribution is 5.91. The van der Waals surface area contributed by atoms with Crippen molar-refractivity contribution in [3.05, 3.63) is 65.7 Å². The summed E-state index contributed by atoms with van der Waals surface area (Å²) in [5.74, 6) is -1.40. The van der Waals surface area contributed by atoms with E-state index in [9.17, 15) is 14.4 Å². The van der Waals surface area contributed by atoms with Crippen LogP contribution in [-0.4, -0.2) is 29.4 Å². The first-order valence-electron chi connectivity index (χ1n) is 8.36. The largest absolute Gasteiger partial charge is 0.480 e. The standard InChI is InChI=1S/C20H22N2O4/c1-14(16-5-3-2-4-6-16)11-19(24)22-17-9-7-15(8-10-17)12-18(23)21-13-20(25)26/h2-10,14H,11-13H2,1H3,(H,21,23)(H,22,24)(H,25,26). The lowest BCUT2D eigenvalue weighted by Gasteiger charge is -2.12. The molecule has 6 nitrogen and oxygen atoms in total. The third kappa shape index (κ3) is 6.39. The van der Waals surface area contributed by atoms with Crippen molar-refractivity contribution >= 4 is 23.5 Å². The molecule has 0 aliphatic heterocycles. The van der Waals surface area contributed by atoms with Gasteiger partial charge in [-0.05, 0) is 29.2 Å². The Hall–Kier alpha value is -3.15. The Morgan fingerprint density at radius 1 is 0.962 bits per heavy atom. The Kier molecular flexibility index (Phi) is 6.91. The quantitative estimate of drug-likeness (QED) is 0.679. The van der Waals surface area contributed by atoms with Crippen molar-refractivity contribution in [2.24, 2.45) is 0 Å². The van der Waals surface area contributed by atoms with E-state index in [2.05, 4.69) is 10.6 Å². The Balaban J connectivity index is 1.83. The number of benzene rings is 2. The lowest BCUT2D eigenvalue weighted by Crippen LogP contribution is -2.30. The molecule has 2 aromatic rings. The topological polar surface area (TPSA) is 95.5 Å². The van der Waals surface area contributed by atoms with Crippen LogP contribution >= 0.6 is 0 Å². The SMILES string of the molecule is CC(CC(=O)Nc1ccc(CC(=O)NCC(=O)O)cc1)c1ccccc1. The summed E-state index contributed by atoms with van der Waals surface area (Å²) in [5.41, 5.74) is 2.51. The van der Waals surface area contributed by atoms with Crippen LogP contribution in [0.3, 0.4) is 0 Å². The van der Waals surface area contributed by atoms with E-state index >= 15 is 0 Å². The van der Waals surface area contributed by atoms with Gasteiger partial charge in [0.05, 0.1) is 6.42 Å². The highest BCUT2D eigenvalue weighted by Gasteiger charge is 2.11. The molecule has 6 heteroatoms. The first-order valence-corrected chi connectivity index (χ1v) is 8.36. The zero-order valence-electron chi connectivity index (χ0n) is 14.6. The molecule has 3 N–H and O–H groups in total. The average Bonchev–Trinajstić information content (AvgIpc) is 2.62. The number of anilines is 1. The molecule has 0 aliphatic carbocycles. The molecule has 0 spiro atoms. The summed E-state index contributed by atoms with van der Waals surface area (Å²) in [6.07, 6.45) is 0.468. The van der Waals surface area contributed by atoms with Crippen molar-refractivity contribution in [1.29, 1.82) is 0 Å². The van der Waals surface area contributed by atoms with E-state index in [4.69, 9.17) is 5.11 Å². The van der Waals surface area contributed by atoms with Gasteiger partial charge in [-0.15, -0.1) is 0 Å². The summed E-state index contributed by atoms with van der Waals surface area (Å²) < 4.78 is 0. The highest BCUT2D eigenvalue weighted by atomic mass is 16.4. The van der Waals surface area contributed by atoms with Crippen LogP contribution in [0.1, 0.15) is 30.4 Å². The fraction of sp³-hybridized carbons (Fsp3) is 0.250. The van der Waals surface area contributed by atoms with Gasteiger partial charge in [0.25, 0.3) is 0 Å². The minimum absolute atomic E-state index is 0.0756. The zero-order chi connectivity index (χ0) is 18.9. The molecule has 0 saturated carbocycles. The van der Waals surface area contributed by atoms with E-state index in [0.717, 1.165) is 11.1 Å². The number of aliphatic carboxylic acids is 1. The van der Waals surface area contributed by atoms with Crippen LogP contribution in [0.2, 0.25) is 0 Å². The van der Waals surface area contributed by atoms with Crippen LogP contribution in [0.5, 0.6) is 0 Å². The van der Waals surface area contributed by atoms with Gasteiger partial charge >= 0.3 is 5.97 Å². The van der Waals surface area contributed by atoms with E-state index < -0.39 is 12.5 Å². The summed E-state index contributed by atoms with van der Waals surface area (Å²) in [4.78, 5) is 34.2. The minimum atomic E-state index is -1.08. The summed E-state index contributed by atoms with van der Waals surface area (Å²) in [7, 11) is 0. The summed E-state index contributed by atoms with van der Waals surface area (Å²) in [5, 5.41) is 13.7. The third-order valence-electron chi connectivity index (χ3n) is 3.90. The van der Waals surface area contributed by atoms with Gasteiger partial charge in [0.1, 0.15) is 6.54 Å². The second kappa shape index (κ2) is 9.36. The molecular weight excluding hydrogens is 332 g/mol. The van der Waals surface area contributed by atoms with Crippen molar-refractivity contribution in [2.75, 3.05) is 11.9 Å². The second-order valence-electron chi connectivity index (χ2n) is 6.11. The van der Waals surface area contributed by atoms with E-state index in [-0.39, 0.29) is 24.2 Å². The van der Waals surface area contributed by atoms with Crippen LogP contribution in [0, 0.1) is 0 Å². The average molecular weight is 354 g/mol. The predicted molar refractivity (Wildman–Crippen MR) is 98.9 cm³/mol. The number of rotatable bonds is 8. The number of carboxylic acids is 1. The van der Waals surface area contributed by atoms with Gasteiger partial charge in [-0.3, -0.25) is 14.4 Å². The van der Waals surface area contributed by atoms with Crippen LogP contribution < -0.4 is 10.6 Å². The molecule has 136 valence electrons.